The zero-order chi connectivity index (χ0) is 22.9. The van der Waals surface area contributed by atoms with Gasteiger partial charge >= 0.3 is 0 Å². The number of rotatable bonds is 8. The molecule has 0 atom stereocenters. The number of sulfonamides is 1. The molecule has 2 aromatic carbocycles. The van der Waals surface area contributed by atoms with Crippen molar-refractivity contribution in [3.63, 3.8) is 0 Å². The summed E-state index contributed by atoms with van der Waals surface area (Å²) in [5, 5.41) is 9.38. The van der Waals surface area contributed by atoms with Gasteiger partial charge in [0.1, 0.15) is 0 Å². The van der Waals surface area contributed by atoms with Gasteiger partial charge in [0.05, 0.1) is 22.9 Å². The van der Waals surface area contributed by atoms with Gasteiger partial charge in [-0.2, -0.15) is 0 Å². The zero-order valence-corrected chi connectivity index (χ0v) is 18.7. The molecule has 0 saturated carbocycles. The molecule has 9 nitrogen and oxygen atoms in total. The maximum atomic E-state index is 12.8. The van der Waals surface area contributed by atoms with Crippen LogP contribution in [0.15, 0.2) is 71.1 Å². The van der Waals surface area contributed by atoms with Gasteiger partial charge in [-0.15, -0.1) is 16.8 Å². The first kappa shape index (κ1) is 21.8. The lowest BCUT2D eigenvalue weighted by Crippen LogP contribution is -2.22. The van der Waals surface area contributed by atoms with E-state index in [-0.39, 0.29) is 23.6 Å². The second-order valence-corrected chi connectivity index (χ2v) is 9.69. The van der Waals surface area contributed by atoms with Crippen molar-refractivity contribution in [2.75, 3.05) is 16.7 Å². The van der Waals surface area contributed by atoms with Crippen LogP contribution in [0.5, 0.6) is 0 Å². The van der Waals surface area contributed by atoms with E-state index in [2.05, 4.69) is 21.5 Å². The van der Waals surface area contributed by atoms with E-state index < -0.39 is 10.0 Å². The zero-order valence-electron chi connectivity index (χ0n) is 17.1. The fraction of sp³-hybridized carbons (Fsp3) is 0.143. The Hall–Kier alpha value is -3.44. The van der Waals surface area contributed by atoms with Crippen molar-refractivity contribution in [1.82, 2.24) is 19.2 Å². The van der Waals surface area contributed by atoms with Crippen molar-refractivity contribution in [3.8, 4) is 0 Å². The number of allylic oxidation sites excluding steroid dienone is 1. The third kappa shape index (κ3) is 4.30. The largest absolute Gasteiger partial charge is 0.293 e. The van der Waals surface area contributed by atoms with Crippen molar-refractivity contribution in [3.05, 3.63) is 77.1 Å². The lowest BCUT2D eigenvalue weighted by Gasteiger charge is -2.09. The maximum Gasteiger partial charge on any atom is 0.263 e. The normalized spacial score (nSPS) is 11.7. The first-order chi connectivity index (χ1) is 15.3. The van der Waals surface area contributed by atoms with E-state index in [1.54, 1.807) is 34.7 Å². The van der Waals surface area contributed by atoms with E-state index in [1.165, 1.54) is 28.5 Å². The molecule has 0 fully saturated rings. The molecule has 1 N–H and O–H groups in total. The molecule has 4 rings (SSSR count). The van der Waals surface area contributed by atoms with Crippen LogP contribution in [0.3, 0.4) is 0 Å². The van der Waals surface area contributed by atoms with E-state index in [1.807, 2.05) is 12.1 Å². The summed E-state index contributed by atoms with van der Waals surface area (Å²) in [5.41, 5.74) is 1.30. The molecule has 0 saturated heterocycles. The number of nitrogens with zero attached hydrogens (tertiary/aromatic N) is 4. The molecule has 4 aromatic rings. The number of ketones is 1. The van der Waals surface area contributed by atoms with Crippen LogP contribution < -0.4 is 10.3 Å². The Bertz CT molecular complexity index is 1510. The Labute approximate surface area is 187 Å². The smallest absolute Gasteiger partial charge is 0.263 e. The average Bonchev–Trinajstić information content (AvgIpc) is 3.18. The fourth-order valence-electron chi connectivity index (χ4n) is 3.27. The van der Waals surface area contributed by atoms with Crippen LogP contribution in [-0.2, 0) is 16.6 Å². The number of aromatic nitrogens is 4. The van der Waals surface area contributed by atoms with E-state index in [0.29, 0.717) is 33.1 Å². The van der Waals surface area contributed by atoms with Crippen molar-refractivity contribution in [2.24, 2.45) is 0 Å². The van der Waals surface area contributed by atoms with Crippen LogP contribution >= 0.6 is 11.8 Å². The van der Waals surface area contributed by atoms with Crippen molar-refractivity contribution in [2.45, 2.75) is 11.7 Å². The Morgan fingerprint density at radius 2 is 1.88 bits per heavy atom. The third-order valence-electron chi connectivity index (χ3n) is 4.63. The van der Waals surface area contributed by atoms with Crippen LogP contribution in [0.1, 0.15) is 10.4 Å². The van der Waals surface area contributed by atoms with Gasteiger partial charge < -0.3 is 0 Å². The predicted octanol–water partition coefficient (Wildman–Crippen LogP) is 2.58. The monoisotopic (exact) mass is 469 g/mol. The van der Waals surface area contributed by atoms with E-state index in [0.717, 1.165) is 6.26 Å². The summed E-state index contributed by atoms with van der Waals surface area (Å²) in [6, 6.07) is 13.4. The second-order valence-electron chi connectivity index (χ2n) is 7.00. The molecule has 0 aliphatic rings. The minimum Gasteiger partial charge on any atom is -0.293 e. The molecule has 11 heteroatoms. The number of carbonyl (C=O) groups excluding carboxylic acids is 1. The highest BCUT2D eigenvalue weighted by Gasteiger charge is 2.17. The third-order valence-corrected chi connectivity index (χ3v) is 6.17. The number of nitrogens with one attached hydrogen (secondary N) is 1. The van der Waals surface area contributed by atoms with Crippen molar-refractivity contribution >= 4 is 49.9 Å². The molecule has 2 aromatic heterocycles. The van der Waals surface area contributed by atoms with E-state index in [9.17, 15) is 18.0 Å². The number of para-hydroxylation sites is 1. The summed E-state index contributed by atoms with van der Waals surface area (Å²) >= 11 is 1.21. The number of benzene rings is 2. The molecule has 0 aliphatic carbocycles. The second kappa shape index (κ2) is 8.60. The summed E-state index contributed by atoms with van der Waals surface area (Å²) < 4.78 is 28.2. The van der Waals surface area contributed by atoms with Gasteiger partial charge in [0, 0.05) is 17.8 Å². The number of Topliss-reactive ketones (excluding diaryl/α,β-unsaturated/α-hetero) is 1. The van der Waals surface area contributed by atoms with Gasteiger partial charge in [-0.25, -0.2) is 8.42 Å². The summed E-state index contributed by atoms with van der Waals surface area (Å²) in [6.07, 6.45) is 2.67. The molecule has 2 heterocycles. The Morgan fingerprint density at radius 3 is 2.56 bits per heavy atom. The maximum absolute atomic E-state index is 12.8. The number of hydrogen-bond donors (Lipinski definition) is 1. The molecule has 0 amide bonds. The summed E-state index contributed by atoms with van der Waals surface area (Å²) in [5.74, 6) is 0.315. The summed E-state index contributed by atoms with van der Waals surface area (Å²) in [6.45, 7) is 3.99. The van der Waals surface area contributed by atoms with Crippen LogP contribution in [0, 0.1) is 0 Å². The lowest BCUT2D eigenvalue weighted by atomic mass is 10.1. The van der Waals surface area contributed by atoms with E-state index in [4.69, 9.17) is 0 Å². The van der Waals surface area contributed by atoms with Crippen LogP contribution in [0.25, 0.3) is 16.7 Å². The lowest BCUT2D eigenvalue weighted by molar-refractivity contribution is 0.102. The van der Waals surface area contributed by atoms with E-state index >= 15 is 0 Å². The van der Waals surface area contributed by atoms with Gasteiger partial charge in [-0.3, -0.25) is 23.3 Å². The summed E-state index contributed by atoms with van der Waals surface area (Å²) in [7, 11) is -3.39. The van der Waals surface area contributed by atoms with Gasteiger partial charge in [0.25, 0.3) is 5.56 Å². The van der Waals surface area contributed by atoms with Crippen LogP contribution in [-0.4, -0.2) is 45.4 Å². The Balaban J connectivity index is 1.63. The topological polar surface area (TPSA) is 115 Å². The highest BCUT2D eigenvalue weighted by atomic mass is 32.2. The van der Waals surface area contributed by atoms with Gasteiger partial charge in [-0.05, 0) is 36.4 Å². The molecular weight excluding hydrogens is 450 g/mol. The number of fused-ring (bicyclic) bond motifs is 3. The number of thioether (sulfide) groups is 1. The fourth-order valence-corrected chi connectivity index (χ4v) is 4.67. The Kier molecular flexibility index (Phi) is 5.85. The first-order valence-corrected chi connectivity index (χ1v) is 12.4. The average molecular weight is 470 g/mol. The minimum absolute atomic E-state index is 0.0918. The predicted molar refractivity (Wildman–Crippen MR) is 125 cm³/mol. The Morgan fingerprint density at radius 1 is 1.16 bits per heavy atom. The number of hydrogen-bond acceptors (Lipinski definition) is 7. The minimum atomic E-state index is -3.39. The van der Waals surface area contributed by atoms with Gasteiger partial charge in [-0.1, -0.05) is 30.0 Å². The molecule has 0 bridgehead atoms. The molecule has 0 unspecified atom stereocenters. The SMILES string of the molecule is C=CCn1c(=O)c2ccccc2n2c(SCC(=O)c3ccc(NS(C)(=O)=O)cc3)nnc12. The standard InChI is InChI=1S/C21H19N5O4S2/c1-3-12-25-19(28)16-6-4-5-7-17(16)26-20(25)22-23-21(26)31-13-18(27)14-8-10-15(11-9-14)24-32(2,29)30/h3-11,24H,1,12-13H2,2H3. The molecule has 0 aliphatic heterocycles. The van der Waals surface area contributed by atoms with Crippen molar-refractivity contribution < 1.29 is 13.2 Å². The molecule has 164 valence electrons. The van der Waals surface area contributed by atoms with Gasteiger partial charge in [0.2, 0.25) is 15.8 Å². The highest BCUT2D eigenvalue weighted by Crippen LogP contribution is 2.23. The summed E-state index contributed by atoms with van der Waals surface area (Å²) in [4.78, 5) is 25.5. The van der Waals surface area contributed by atoms with Crippen molar-refractivity contribution in [1.29, 1.82) is 0 Å². The quantitative estimate of drug-likeness (QED) is 0.240. The van der Waals surface area contributed by atoms with Crippen LogP contribution in [0.4, 0.5) is 5.69 Å². The molecule has 0 spiro atoms. The van der Waals surface area contributed by atoms with Crippen LogP contribution in [0.2, 0.25) is 0 Å². The molecular formula is C21H19N5O4S2. The first-order valence-electron chi connectivity index (χ1n) is 9.50. The number of anilines is 1. The molecule has 0 radical (unpaired) electrons. The molecule has 32 heavy (non-hydrogen) atoms. The van der Waals surface area contributed by atoms with Gasteiger partial charge in [0.15, 0.2) is 10.9 Å². The number of carbonyl (C=O) groups is 1. The highest BCUT2D eigenvalue weighted by molar-refractivity contribution is 7.99.